The molecule has 0 aliphatic rings. The second kappa shape index (κ2) is 8.33. The molecular weight excluding hydrogens is 364 g/mol. The van der Waals surface area contributed by atoms with Gasteiger partial charge in [-0.05, 0) is 12.5 Å². The van der Waals surface area contributed by atoms with E-state index in [1.807, 2.05) is 25.1 Å². The molecule has 0 radical (unpaired) electrons. The molecule has 2 heterocycles. The number of amides is 1. The van der Waals surface area contributed by atoms with Crippen LogP contribution in [0.15, 0.2) is 42.9 Å². The Morgan fingerprint density at radius 1 is 1.32 bits per heavy atom. The molecule has 0 spiro atoms. The van der Waals surface area contributed by atoms with Crippen LogP contribution in [0.25, 0.3) is 0 Å². The lowest BCUT2D eigenvalue weighted by Gasteiger charge is -2.04. The zero-order chi connectivity index (χ0) is 20.1. The fourth-order valence-electron chi connectivity index (χ4n) is 2.73. The first-order valence-corrected chi connectivity index (χ1v) is 8.58. The van der Waals surface area contributed by atoms with Crippen LogP contribution in [0.4, 0.5) is 11.4 Å². The Morgan fingerprint density at radius 3 is 2.82 bits per heavy atom. The van der Waals surface area contributed by atoms with E-state index in [1.165, 1.54) is 23.6 Å². The molecule has 1 amide bonds. The van der Waals surface area contributed by atoms with E-state index >= 15 is 0 Å². The Balaban J connectivity index is 1.54. The van der Waals surface area contributed by atoms with Gasteiger partial charge in [0.2, 0.25) is 5.91 Å². The van der Waals surface area contributed by atoms with Crippen LogP contribution in [0.2, 0.25) is 0 Å². The van der Waals surface area contributed by atoms with E-state index in [0.717, 1.165) is 5.56 Å². The van der Waals surface area contributed by atoms with E-state index in [-0.39, 0.29) is 30.4 Å². The summed E-state index contributed by atoms with van der Waals surface area (Å²) in [5.41, 5.74) is 2.64. The van der Waals surface area contributed by atoms with E-state index in [4.69, 9.17) is 4.74 Å². The molecule has 0 saturated carbocycles. The van der Waals surface area contributed by atoms with Crippen LogP contribution in [0, 0.1) is 17.0 Å². The number of nitrogens with one attached hydrogen (secondary N) is 1. The Kier molecular flexibility index (Phi) is 5.68. The number of aromatic nitrogens is 4. The maximum Gasteiger partial charge on any atom is 0.350 e. The molecule has 146 valence electrons. The average molecular weight is 384 g/mol. The molecule has 1 aromatic carbocycles. The summed E-state index contributed by atoms with van der Waals surface area (Å²) in [6, 6.07) is 8.12. The Bertz CT molecular complexity index is 994. The van der Waals surface area contributed by atoms with Gasteiger partial charge in [-0.1, -0.05) is 29.8 Å². The molecule has 0 fully saturated rings. The maximum absolute atomic E-state index is 12.1. The first-order valence-electron chi connectivity index (χ1n) is 8.58. The summed E-state index contributed by atoms with van der Waals surface area (Å²) < 4.78 is 7.92. The van der Waals surface area contributed by atoms with Crippen LogP contribution in [0.3, 0.4) is 0 Å². The second-order valence-corrected chi connectivity index (χ2v) is 6.26. The molecule has 28 heavy (non-hydrogen) atoms. The number of hydrogen-bond donors (Lipinski definition) is 1. The Morgan fingerprint density at radius 2 is 2.14 bits per heavy atom. The highest BCUT2D eigenvalue weighted by atomic mass is 16.6. The molecule has 3 aromatic rings. The van der Waals surface area contributed by atoms with Crippen molar-refractivity contribution in [3.05, 3.63) is 64.1 Å². The molecule has 0 saturated heterocycles. The predicted molar refractivity (Wildman–Crippen MR) is 101 cm³/mol. The summed E-state index contributed by atoms with van der Waals surface area (Å²) in [6.07, 6.45) is 4.68. The highest BCUT2D eigenvalue weighted by molar-refractivity contribution is 5.90. The summed E-state index contributed by atoms with van der Waals surface area (Å²) in [4.78, 5) is 22.5. The molecule has 2 aromatic heterocycles. The summed E-state index contributed by atoms with van der Waals surface area (Å²) in [7, 11) is 1.31. The molecule has 0 atom stereocenters. The van der Waals surface area contributed by atoms with Gasteiger partial charge in [-0.3, -0.25) is 24.3 Å². The van der Waals surface area contributed by atoms with Crippen molar-refractivity contribution < 1.29 is 14.5 Å². The van der Waals surface area contributed by atoms with Crippen LogP contribution in [-0.2, 0) is 17.9 Å². The lowest BCUT2D eigenvalue weighted by molar-refractivity contribution is -0.385. The quantitative estimate of drug-likeness (QED) is 0.471. The second-order valence-electron chi connectivity index (χ2n) is 6.26. The minimum atomic E-state index is -0.578. The number of nitro groups is 1. The van der Waals surface area contributed by atoms with Crippen LogP contribution >= 0.6 is 0 Å². The molecule has 10 heteroatoms. The molecule has 0 aliphatic carbocycles. The van der Waals surface area contributed by atoms with E-state index in [0.29, 0.717) is 12.2 Å². The van der Waals surface area contributed by atoms with Gasteiger partial charge in [-0.25, -0.2) is 0 Å². The summed E-state index contributed by atoms with van der Waals surface area (Å²) in [6.45, 7) is 2.82. The van der Waals surface area contributed by atoms with Crippen molar-refractivity contribution in [2.45, 2.75) is 26.4 Å². The molecule has 1 N–H and O–H groups in total. The van der Waals surface area contributed by atoms with Gasteiger partial charge < -0.3 is 10.1 Å². The van der Waals surface area contributed by atoms with E-state index in [2.05, 4.69) is 21.6 Å². The summed E-state index contributed by atoms with van der Waals surface area (Å²) in [5.74, 6) is -0.324. The van der Waals surface area contributed by atoms with E-state index in [9.17, 15) is 14.9 Å². The van der Waals surface area contributed by atoms with Gasteiger partial charge in [0, 0.05) is 12.6 Å². The highest BCUT2D eigenvalue weighted by Crippen LogP contribution is 2.24. The fourth-order valence-corrected chi connectivity index (χ4v) is 2.73. The lowest BCUT2D eigenvalue weighted by Crippen LogP contribution is -2.14. The zero-order valence-electron chi connectivity index (χ0n) is 15.5. The van der Waals surface area contributed by atoms with Gasteiger partial charge >= 0.3 is 11.6 Å². The molecule has 0 unspecified atom stereocenters. The van der Waals surface area contributed by atoms with Crippen LogP contribution in [-0.4, -0.2) is 37.5 Å². The summed E-state index contributed by atoms with van der Waals surface area (Å²) >= 11 is 0. The third-order valence-corrected chi connectivity index (χ3v) is 4.01. The maximum atomic E-state index is 12.1. The molecule has 3 rings (SSSR count). The number of carbonyl (C=O) groups excluding carboxylic acids is 1. The van der Waals surface area contributed by atoms with Gasteiger partial charge in [0.25, 0.3) is 0 Å². The van der Waals surface area contributed by atoms with Crippen molar-refractivity contribution in [2.24, 2.45) is 0 Å². The minimum absolute atomic E-state index is 0.0807. The first kappa shape index (κ1) is 19.1. The standard InChI is InChI=1S/C18H20N6O4/c1-13-4-3-5-14(8-13)10-23-11-15(9-19-23)20-17(25)6-7-22-12-16(24(26)27)18(21-22)28-2/h3-5,8-9,11-12H,6-7,10H2,1-2H3,(H,20,25). The van der Waals surface area contributed by atoms with Crippen molar-refractivity contribution in [1.82, 2.24) is 19.6 Å². The normalized spacial score (nSPS) is 10.6. The average Bonchev–Trinajstić information content (AvgIpc) is 3.26. The molecule has 0 bridgehead atoms. The van der Waals surface area contributed by atoms with Gasteiger partial charge in [0.05, 0.1) is 37.0 Å². The number of methoxy groups -OCH3 is 1. The highest BCUT2D eigenvalue weighted by Gasteiger charge is 2.20. The Hall–Kier alpha value is -3.69. The van der Waals surface area contributed by atoms with Gasteiger partial charge in [0.15, 0.2) is 0 Å². The number of benzene rings is 1. The molecule has 0 aliphatic heterocycles. The van der Waals surface area contributed by atoms with E-state index < -0.39 is 4.92 Å². The Labute approximate surface area is 160 Å². The fraction of sp³-hybridized carbons (Fsp3) is 0.278. The number of anilines is 1. The van der Waals surface area contributed by atoms with Crippen molar-refractivity contribution in [3.8, 4) is 5.88 Å². The largest absolute Gasteiger partial charge is 0.475 e. The zero-order valence-corrected chi connectivity index (χ0v) is 15.5. The van der Waals surface area contributed by atoms with Crippen LogP contribution in [0.5, 0.6) is 5.88 Å². The topological polar surface area (TPSA) is 117 Å². The number of nitrogens with zero attached hydrogens (tertiary/aromatic N) is 5. The SMILES string of the molecule is COc1nn(CCC(=O)Nc2cnn(Cc3cccc(C)c3)c2)cc1[N+](=O)[O-]. The minimum Gasteiger partial charge on any atom is -0.475 e. The monoisotopic (exact) mass is 384 g/mol. The number of aryl methyl sites for hydroxylation is 2. The van der Waals surface area contributed by atoms with Crippen molar-refractivity contribution in [1.29, 1.82) is 0 Å². The number of ether oxygens (including phenoxy) is 1. The van der Waals surface area contributed by atoms with Crippen molar-refractivity contribution in [2.75, 3.05) is 12.4 Å². The first-order chi connectivity index (χ1) is 13.4. The van der Waals surface area contributed by atoms with Gasteiger partial charge in [-0.15, -0.1) is 5.10 Å². The summed E-state index contributed by atoms with van der Waals surface area (Å²) in [5, 5.41) is 21.9. The molecular formula is C18H20N6O4. The predicted octanol–water partition coefficient (Wildman–Crippen LogP) is 2.38. The third-order valence-electron chi connectivity index (χ3n) is 4.01. The van der Waals surface area contributed by atoms with Crippen molar-refractivity contribution in [3.63, 3.8) is 0 Å². The van der Waals surface area contributed by atoms with Crippen LogP contribution in [0.1, 0.15) is 17.5 Å². The smallest absolute Gasteiger partial charge is 0.350 e. The molecule has 10 nitrogen and oxygen atoms in total. The van der Waals surface area contributed by atoms with Crippen molar-refractivity contribution >= 4 is 17.3 Å². The van der Waals surface area contributed by atoms with Gasteiger partial charge in [-0.2, -0.15) is 5.10 Å². The van der Waals surface area contributed by atoms with Crippen LogP contribution < -0.4 is 10.1 Å². The van der Waals surface area contributed by atoms with E-state index in [1.54, 1.807) is 17.1 Å². The van der Waals surface area contributed by atoms with Gasteiger partial charge in [0.1, 0.15) is 6.20 Å². The number of carbonyl (C=O) groups is 1. The lowest BCUT2D eigenvalue weighted by atomic mass is 10.1. The number of hydrogen-bond acceptors (Lipinski definition) is 6. The number of rotatable bonds is 8. The third kappa shape index (κ3) is 4.72.